The lowest BCUT2D eigenvalue weighted by Crippen LogP contribution is -2.40. The number of fused-ring (bicyclic) bond motifs is 4. The van der Waals surface area contributed by atoms with E-state index in [2.05, 4.69) is 20.4 Å². The van der Waals surface area contributed by atoms with Gasteiger partial charge in [-0.3, -0.25) is 0 Å². The molecule has 104 valence electrons. The lowest BCUT2D eigenvalue weighted by molar-refractivity contribution is -0.139. The van der Waals surface area contributed by atoms with Crippen LogP contribution in [0.2, 0.25) is 0 Å². The second-order valence-electron chi connectivity index (χ2n) is 7.03. The van der Waals surface area contributed by atoms with Crippen LogP contribution in [0.25, 0.3) is 0 Å². The van der Waals surface area contributed by atoms with Crippen molar-refractivity contribution in [1.29, 1.82) is 0 Å². The first-order chi connectivity index (χ1) is 8.93. The van der Waals surface area contributed by atoms with Crippen molar-refractivity contribution in [2.75, 3.05) is 0 Å². The first-order valence-electron chi connectivity index (χ1n) is 7.17. The molecule has 1 unspecified atom stereocenters. The van der Waals surface area contributed by atoms with Gasteiger partial charge in [0.05, 0.1) is 12.2 Å². The van der Waals surface area contributed by atoms with Gasteiger partial charge in [-0.2, -0.15) is 0 Å². The lowest BCUT2D eigenvalue weighted by atomic mass is 9.68. The Morgan fingerprint density at radius 1 is 1.42 bits per heavy atom. The van der Waals surface area contributed by atoms with Gasteiger partial charge in [-0.1, -0.05) is 20.4 Å². The van der Waals surface area contributed by atoms with E-state index in [-0.39, 0.29) is 35.6 Å². The van der Waals surface area contributed by atoms with E-state index in [1.54, 1.807) is 0 Å². The van der Waals surface area contributed by atoms with Gasteiger partial charge >= 0.3 is 5.97 Å². The Morgan fingerprint density at radius 2 is 2.16 bits per heavy atom. The molecular formula is C15H20O4. The van der Waals surface area contributed by atoms with Crippen LogP contribution in [-0.4, -0.2) is 35.5 Å². The Labute approximate surface area is 112 Å². The van der Waals surface area contributed by atoms with Crippen molar-refractivity contribution in [1.82, 2.24) is 0 Å². The largest absolute Gasteiger partial charge is 0.458 e. The SMILES string of the molecule is C=C1C(=O)O[C@H]2C[C@@H](C)C3[C@H]4O[C@H]4[C@H](O)[C@@]3(C)C[C@H]12. The number of aliphatic hydroxyl groups is 1. The van der Waals surface area contributed by atoms with Crippen LogP contribution in [0.4, 0.5) is 0 Å². The smallest absolute Gasteiger partial charge is 0.334 e. The maximum absolute atomic E-state index is 11.7. The lowest BCUT2D eigenvalue weighted by Gasteiger charge is -2.38. The Morgan fingerprint density at radius 3 is 2.89 bits per heavy atom. The molecule has 2 aliphatic heterocycles. The second-order valence-corrected chi connectivity index (χ2v) is 7.03. The molecule has 0 aromatic carbocycles. The zero-order valence-corrected chi connectivity index (χ0v) is 11.3. The van der Waals surface area contributed by atoms with Gasteiger partial charge in [0.15, 0.2) is 0 Å². The quantitative estimate of drug-likeness (QED) is 0.407. The highest BCUT2D eigenvalue weighted by Crippen LogP contribution is 2.62. The minimum Gasteiger partial charge on any atom is -0.458 e. The van der Waals surface area contributed by atoms with Crippen molar-refractivity contribution in [3.05, 3.63) is 12.2 Å². The van der Waals surface area contributed by atoms with E-state index in [4.69, 9.17) is 9.47 Å². The van der Waals surface area contributed by atoms with Gasteiger partial charge in [0, 0.05) is 16.9 Å². The maximum Gasteiger partial charge on any atom is 0.334 e. The van der Waals surface area contributed by atoms with E-state index in [9.17, 15) is 9.90 Å². The van der Waals surface area contributed by atoms with Crippen LogP contribution in [0.3, 0.4) is 0 Å². The minimum atomic E-state index is -0.424. The third-order valence-corrected chi connectivity index (χ3v) is 5.96. The predicted octanol–water partition coefficient (Wildman–Crippen LogP) is 1.28. The fourth-order valence-electron chi connectivity index (χ4n) is 4.98. The Kier molecular flexibility index (Phi) is 2.14. The zero-order valence-electron chi connectivity index (χ0n) is 11.3. The number of hydrogen-bond acceptors (Lipinski definition) is 4. The summed E-state index contributed by atoms with van der Waals surface area (Å²) in [5.74, 6) is 0.575. The summed E-state index contributed by atoms with van der Waals surface area (Å²) in [7, 11) is 0. The summed E-state index contributed by atoms with van der Waals surface area (Å²) in [6.07, 6.45) is 1.39. The van der Waals surface area contributed by atoms with E-state index in [0.717, 1.165) is 12.8 Å². The molecule has 4 heteroatoms. The van der Waals surface area contributed by atoms with Gasteiger partial charge in [0.1, 0.15) is 12.2 Å². The second kappa shape index (κ2) is 3.41. The molecule has 4 rings (SSSR count). The third-order valence-electron chi connectivity index (χ3n) is 5.96. The Balaban J connectivity index is 1.73. The number of aliphatic hydroxyl groups excluding tert-OH is 1. The highest BCUT2D eigenvalue weighted by molar-refractivity contribution is 5.90. The summed E-state index contributed by atoms with van der Waals surface area (Å²) in [5, 5.41) is 10.5. The van der Waals surface area contributed by atoms with Gasteiger partial charge < -0.3 is 14.6 Å². The number of carbonyl (C=O) groups excluding carboxylic acids is 1. The van der Waals surface area contributed by atoms with Crippen LogP contribution in [0.15, 0.2) is 12.2 Å². The fraction of sp³-hybridized carbons (Fsp3) is 0.800. The van der Waals surface area contributed by atoms with Gasteiger partial charge in [-0.25, -0.2) is 4.79 Å². The predicted molar refractivity (Wildman–Crippen MR) is 67.2 cm³/mol. The van der Waals surface area contributed by atoms with Gasteiger partial charge in [-0.15, -0.1) is 0 Å². The van der Waals surface area contributed by atoms with E-state index in [1.165, 1.54) is 0 Å². The molecule has 1 N–H and O–H groups in total. The third kappa shape index (κ3) is 1.34. The molecule has 0 aromatic rings. The summed E-state index contributed by atoms with van der Waals surface area (Å²) in [6, 6.07) is 0. The van der Waals surface area contributed by atoms with Crippen LogP contribution < -0.4 is 0 Å². The number of epoxide rings is 1. The van der Waals surface area contributed by atoms with Crippen LogP contribution in [-0.2, 0) is 14.3 Å². The molecule has 0 bridgehead atoms. The number of ether oxygens (including phenoxy) is 2. The number of esters is 1. The van der Waals surface area contributed by atoms with Crippen molar-refractivity contribution < 1.29 is 19.4 Å². The molecule has 4 fully saturated rings. The fourth-order valence-corrected chi connectivity index (χ4v) is 4.98. The molecule has 0 amide bonds. The molecule has 2 aliphatic carbocycles. The monoisotopic (exact) mass is 264 g/mol. The van der Waals surface area contributed by atoms with E-state index in [1.807, 2.05) is 0 Å². The molecular weight excluding hydrogens is 244 g/mol. The Hall–Kier alpha value is -0.870. The molecule has 2 heterocycles. The van der Waals surface area contributed by atoms with Gasteiger partial charge in [0.25, 0.3) is 0 Å². The highest BCUT2D eigenvalue weighted by Gasteiger charge is 2.70. The molecule has 4 nitrogen and oxygen atoms in total. The van der Waals surface area contributed by atoms with Crippen molar-refractivity contribution in [2.45, 2.75) is 51.1 Å². The molecule has 2 saturated heterocycles. The van der Waals surface area contributed by atoms with Crippen LogP contribution in [0.5, 0.6) is 0 Å². The van der Waals surface area contributed by atoms with E-state index >= 15 is 0 Å². The highest BCUT2D eigenvalue weighted by atomic mass is 16.6. The molecule has 8 atom stereocenters. The molecule has 0 radical (unpaired) electrons. The summed E-state index contributed by atoms with van der Waals surface area (Å²) in [5.41, 5.74) is 0.413. The topological polar surface area (TPSA) is 59.1 Å². The maximum atomic E-state index is 11.7. The average molecular weight is 264 g/mol. The van der Waals surface area contributed by atoms with Crippen molar-refractivity contribution >= 4 is 5.97 Å². The van der Waals surface area contributed by atoms with E-state index in [0.29, 0.717) is 17.4 Å². The van der Waals surface area contributed by atoms with Gasteiger partial charge in [-0.05, 0) is 24.7 Å². The zero-order chi connectivity index (χ0) is 13.5. The van der Waals surface area contributed by atoms with Crippen molar-refractivity contribution in [3.8, 4) is 0 Å². The summed E-state index contributed by atoms with van der Waals surface area (Å²) >= 11 is 0. The molecule has 19 heavy (non-hydrogen) atoms. The molecule has 0 aromatic heterocycles. The number of carbonyl (C=O) groups is 1. The molecule has 4 aliphatic rings. The number of rotatable bonds is 0. The normalized spacial score (nSPS) is 59.0. The summed E-state index contributed by atoms with van der Waals surface area (Å²) in [6.45, 7) is 8.24. The van der Waals surface area contributed by atoms with Crippen LogP contribution in [0.1, 0.15) is 26.7 Å². The minimum absolute atomic E-state index is 0.0142. The van der Waals surface area contributed by atoms with Gasteiger partial charge in [0.2, 0.25) is 0 Å². The first kappa shape index (κ1) is 11.9. The summed E-state index contributed by atoms with van der Waals surface area (Å²) < 4.78 is 11.1. The van der Waals surface area contributed by atoms with E-state index < -0.39 is 6.10 Å². The average Bonchev–Trinajstić information content (AvgIpc) is 3.04. The van der Waals surface area contributed by atoms with Crippen LogP contribution >= 0.6 is 0 Å². The molecule has 0 spiro atoms. The molecule has 2 saturated carbocycles. The Bertz CT molecular complexity index is 473. The standard InChI is InChI=1S/C15H20O4/c1-6-4-9-8(7(2)14(17)18-9)5-15(3)10(6)11-12(19-11)13(15)16/h6,8-13,16H,2,4-5H2,1,3H3/t6-,8-,9+,10?,11-,12-,13+,15+/m1/s1. The summed E-state index contributed by atoms with van der Waals surface area (Å²) in [4.78, 5) is 11.7. The van der Waals surface area contributed by atoms with Crippen LogP contribution in [0, 0.1) is 23.2 Å². The number of hydrogen-bond donors (Lipinski definition) is 1. The first-order valence-corrected chi connectivity index (χ1v) is 7.17. The van der Waals surface area contributed by atoms with Crippen molar-refractivity contribution in [3.63, 3.8) is 0 Å². The van der Waals surface area contributed by atoms with Crippen molar-refractivity contribution in [2.24, 2.45) is 23.2 Å².